The van der Waals surface area contributed by atoms with E-state index in [1.165, 1.54) is 12.1 Å². The summed E-state index contributed by atoms with van der Waals surface area (Å²) < 4.78 is 29.8. The Balaban J connectivity index is 1.84. The van der Waals surface area contributed by atoms with Gasteiger partial charge >= 0.3 is 0 Å². The first-order chi connectivity index (χ1) is 16.9. The third-order valence-electron chi connectivity index (χ3n) is 5.42. The molecule has 2 aromatic carbocycles. The Labute approximate surface area is 200 Å². The summed E-state index contributed by atoms with van der Waals surface area (Å²) in [5.41, 5.74) is 4.18. The van der Waals surface area contributed by atoms with Crippen molar-refractivity contribution >= 4 is 28.2 Å². The highest BCUT2D eigenvalue weighted by atomic mass is 19.2. The highest BCUT2D eigenvalue weighted by Crippen LogP contribution is 2.32. The standard InChI is InChI=1S/C27H20F2N6/c1-16(2)32-23-15-26-24(14-22(23)34-27-21(30-3)8-6-12-31-27)33-20-7-4-5-9-25(20)35(26)17-10-11-18(28)19(29)13-17/h4-16H,1-2H3,(H,31,34)/b32-23+. The first-order valence-electron chi connectivity index (χ1n) is 11.0. The van der Waals surface area contributed by atoms with Gasteiger partial charge in [0, 0.05) is 24.0 Å². The van der Waals surface area contributed by atoms with E-state index < -0.39 is 11.6 Å². The van der Waals surface area contributed by atoms with Crippen LogP contribution in [0.4, 0.5) is 26.0 Å². The zero-order valence-electron chi connectivity index (χ0n) is 19.0. The highest BCUT2D eigenvalue weighted by molar-refractivity contribution is 5.84. The fourth-order valence-electron chi connectivity index (χ4n) is 3.94. The monoisotopic (exact) mass is 466 g/mol. The van der Waals surface area contributed by atoms with Crippen LogP contribution in [-0.2, 0) is 0 Å². The van der Waals surface area contributed by atoms with Gasteiger partial charge in [-0.05, 0) is 50.2 Å². The number of para-hydroxylation sites is 2. The molecule has 0 unspecified atom stereocenters. The second-order valence-electron chi connectivity index (χ2n) is 8.22. The quantitative estimate of drug-likeness (QED) is 0.246. The largest absolute Gasteiger partial charge is 0.347 e. The summed E-state index contributed by atoms with van der Waals surface area (Å²) >= 11 is 0. The van der Waals surface area contributed by atoms with Gasteiger partial charge in [0.2, 0.25) is 5.69 Å². The molecule has 1 N–H and O–H groups in total. The maximum absolute atomic E-state index is 14.2. The molecule has 0 saturated carbocycles. The van der Waals surface area contributed by atoms with E-state index in [9.17, 15) is 8.78 Å². The maximum atomic E-state index is 14.2. The van der Waals surface area contributed by atoms with Crippen LogP contribution in [0.5, 0.6) is 0 Å². The lowest BCUT2D eigenvalue weighted by atomic mass is 10.1. The van der Waals surface area contributed by atoms with Crippen molar-refractivity contribution in [2.75, 3.05) is 5.32 Å². The van der Waals surface area contributed by atoms with E-state index in [0.717, 1.165) is 11.6 Å². The maximum Gasteiger partial charge on any atom is 0.228 e. The van der Waals surface area contributed by atoms with Gasteiger partial charge in [-0.1, -0.05) is 24.3 Å². The van der Waals surface area contributed by atoms with Gasteiger partial charge in [0.05, 0.1) is 40.0 Å². The van der Waals surface area contributed by atoms with Gasteiger partial charge in [-0.2, -0.15) is 0 Å². The molecule has 6 nitrogen and oxygen atoms in total. The van der Waals surface area contributed by atoms with Crippen LogP contribution < -0.4 is 10.7 Å². The molecule has 0 fully saturated rings. The number of hydrogen-bond donors (Lipinski definition) is 1. The molecule has 172 valence electrons. The first-order valence-corrected chi connectivity index (χ1v) is 11.0. The van der Waals surface area contributed by atoms with E-state index in [4.69, 9.17) is 16.5 Å². The number of pyridine rings is 1. The zero-order chi connectivity index (χ0) is 24.5. The Morgan fingerprint density at radius 3 is 2.60 bits per heavy atom. The number of fused-ring (bicyclic) bond motifs is 2. The second-order valence-corrected chi connectivity index (χ2v) is 8.22. The molecule has 0 spiro atoms. The molecule has 8 heteroatoms. The lowest BCUT2D eigenvalue weighted by molar-refractivity contribution is 0.508. The van der Waals surface area contributed by atoms with Crippen molar-refractivity contribution in [2.24, 2.45) is 4.99 Å². The zero-order valence-corrected chi connectivity index (χ0v) is 19.0. The van der Waals surface area contributed by atoms with Crippen LogP contribution in [0.3, 0.4) is 0 Å². The number of nitrogens with one attached hydrogen (secondary N) is 1. The number of halogens is 2. The van der Waals surface area contributed by atoms with E-state index in [-0.39, 0.29) is 6.04 Å². The van der Waals surface area contributed by atoms with Crippen molar-refractivity contribution in [3.63, 3.8) is 0 Å². The van der Waals surface area contributed by atoms with Gasteiger partial charge < -0.3 is 9.88 Å². The van der Waals surface area contributed by atoms with Gasteiger partial charge in [-0.3, -0.25) is 9.98 Å². The SMILES string of the molecule is [C-]#[N+]c1cccnc1Nc1cc2nc3ccccc3n(-c3ccc(F)c(F)c3)c-2c/c1=N\C(C)C. The summed E-state index contributed by atoms with van der Waals surface area (Å²) in [7, 11) is 0. The summed E-state index contributed by atoms with van der Waals surface area (Å²) in [5.74, 6) is -1.43. The molecule has 5 rings (SSSR count). The number of rotatable bonds is 4. The average Bonchev–Trinajstić information content (AvgIpc) is 2.85. The summed E-state index contributed by atoms with van der Waals surface area (Å²) in [6.07, 6.45) is 1.61. The molecule has 1 aromatic heterocycles. The van der Waals surface area contributed by atoms with Gasteiger partial charge in [0.15, 0.2) is 11.6 Å². The Morgan fingerprint density at radius 1 is 1.00 bits per heavy atom. The molecule has 0 atom stereocenters. The summed E-state index contributed by atoms with van der Waals surface area (Å²) in [6, 6.07) is 18.4. The summed E-state index contributed by atoms with van der Waals surface area (Å²) in [6.45, 7) is 11.4. The molecule has 3 aromatic rings. The number of aromatic nitrogens is 3. The van der Waals surface area contributed by atoms with Crippen LogP contribution in [0.2, 0.25) is 0 Å². The predicted octanol–water partition coefficient (Wildman–Crippen LogP) is 6.41. The third kappa shape index (κ3) is 4.20. The van der Waals surface area contributed by atoms with Crippen LogP contribution in [0.15, 0.2) is 77.9 Å². The van der Waals surface area contributed by atoms with Crippen LogP contribution in [0.1, 0.15) is 13.8 Å². The van der Waals surface area contributed by atoms with Crippen LogP contribution in [-0.4, -0.2) is 20.6 Å². The van der Waals surface area contributed by atoms with E-state index in [1.807, 2.05) is 54.8 Å². The van der Waals surface area contributed by atoms with Crippen molar-refractivity contribution in [3.05, 3.63) is 101 Å². The molecular weight excluding hydrogens is 446 g/mol. The Morgan fingerprint density at radius 2 is 1.83 bits per heavy atom. The van der Waals surface area contributed by atoms with E-state index in [2.05, 4.69) is 15.1 Å². The number of benzene rings is 3. The predicted molar refractivity (Wildman–Crippen MR) is 132 cm³/mol. The van der Waals surface area contributed by atoms with Crippen molar-refractivity contribution in [1.82, 2.24) is 14.5 Å². The van der Waals surface area contributed by atoms with Crippen molar-refractivity contribution in [1.29, 1.82) is 0 Å². The fourth-order valence-corrected chi connectivity index (χ4v) is 3.94. The third-order valence-corrected chi connectivity index (χ3v) is 5.42. The minimum absolute atomic E-state index is 0.0257. The minimum atomic E-state index is -0.934. The van der Waals surface area contributed by atoms with Gasteiger partial charge in [-0.15, -0.1) is 0 Å². The van der Waals surface area contributed by atoms with E-state index in [0.29, 0.717) is 45.1 Å². The summed E-state index contributed by atoms with van der Waals surface area (Å²) in [5, 5.41) is 3.86. The molecule has 0 saturated heterocycles. The van der Waals surface area contributed by atoms with Crippen LogP contribution in [0.25, 0.3) is 33.0 Å². The van der Waals surface area contributed by atoms with E-state index in [1.54, 1.807) is 18.3 Å². The smallest absolute Gasteiger partial charge is 0.228 e. The van der Waals surface area contributed by atoms with Gasteiger partial charge in [0.1, 0.15) is 5.82 Å². The van der Waals surface area contributed by atoms with Crippen LogP contribution >= 0.6 is 0 Å². The molecule has 2 aliphatic rings. The lowest BCUT2D eigenvalue weighted by Gasteiger charge is -2.20. The molecule has 0 bridgehead atoms. The first kappa shape index (κ1) is 22.2. The molecular formula is C27H20F2N6. The highest BCUT2D eigenvalue weighted by Gasteiger charge is 2.18. The molecule has 2 heterocycles. The van der Waals surface area contributed by atoms with Crippen molar-refractivity contribution in [3.8, 4) is 17.1 Å². The molecule has 0 amide bonds. The van der Waals surface area contributed by atoms with Crippen LogP contribution in [0, 0.1) is 18.2 Å². The Hall–Kier alpha value is -4.64. The Bertz CT molecular complexity index is 1650. The topological polar surface area (TPSA) is 59.5 Å². The molecule has 35 heavy (non-hydrogen) atoms. The number of nitrogens with zero attached hydrogens (tertiary/aromatic N) is 5. The normalized spacial score (nSPS) is 11.8. The minimum Gasteiger partial charge on any atom is -0.347 e. The average molecular weight is 466 g/mol. The summed E-state index contributed by atoms with van der Waals surface area (Å²) in [4.78, 5) is 17.4. The number of anilines is 2. The van der Waals surface area contributed by atoms with Gasteiger partial charge in [-0.25, -0.2) is 18.6 Å². The van der Waals surface area contributed by atoms with Crippen molar-refractivity contribution in [2.45, 2.75) is 19.9 Å². The molecule has 0 radical (unpaired) electrons. The van der Waals surface area contributed by atoms with E-state index >= 15 is 0 Å². The van der Waals surface area contributed by atoms with Gasteiger partial charge in [0.25, 0.3) is 0 Å². The second kappa shape index (κ2) is 8.95. The van der Waals surface area contributed by atoms with Crippen molar-refractivity contribution < 1.29 is 8.78 Å². The lowest BCUT2D eigenvalue weighted by Crippen LogP contribution is -2.17. The number of hydrogen-bond acceptors (Lipinski definition) is 4. The Kier molecular flexibility index (Phi) is 5.67. The molecule has 1 aliphatic heterocycles. The fraction of sp³-hybridized carbons (Fsp3) is 0.111. The molecule has 1 aliphatic carbocycles.